The normalized spacial score (nSPS) is 13.2. The minimum absolute atomic E-state index is 0.569. The quantitative estimate of drug-likeness (QED) is 0.619. The largest absolute Gasteiger partial charge is 0.471 e. The highest BCUT2D eigenvalue weighted by Crippen LogP contribution is 2.46. The molecule has 112 valence electrons. The lowest BCUT2D eigenvalue weighted by molar-refractivity contribution is -0.358. The van der Waals surface area contributed by atoms with Gasteiger partial charge in [-0.25, -0.2) is 9.97 Å². The second-order valence-corrected chi connectivity index (χ2v) is 3.37. The summed E-state index contributed by atoms with van der Waals surface area (Å²) in [6.45, 7) is -2.30. The Hall–Kier alpha value is -2.01. The second-order valence-electron chi connectivity index (χ2n) is 3.37. The van der Waals surface area contributed by atoms with Crippen LogP contribution in [0.4, 0.5) is 36.6 Å². The van der Waals surface area contributed by atoms with Gasteiger partial charge in [-0.1, -0.05) is 0 Å². The summed E-state index contributed by atoms with van der Waals surface area (Å²) in [4.78, 5) is 16.4. The van der Waals surface area contributed by atoms with Crippen LogP contribution in [-0.2, 0) is 0 Å². The molecule has 5 nitrogen and oxygen atoms in total. The number of hydrogen-bond acceptors (Lipinski definition) is 5. The lowest BCUT2D eigenvalue weighted by Gasteiger charge is -2.27. The molecule has 0 spiro atoms. The summed E-state index contributed by atoms with van der Waals surface area (Å²) in [5, 5.41) is 2.27. The molecule has 0 aromatic carbocycles. The van der Waals surface area contributed by atoms with Crippen molar-refractivity contribution in [3.63, 3.8) is 0 Å². The number of alkyl halides is 7. The van der Waals surface area contributed by atoms with E-state index in [2.05, 4.69) is 19.9 Å². The van der Waals surface area contributed by atoms with E-state index in [9.17, 15) is 35.6 Å². The SMILES string of the molecule is O=Nc1cc(OCC(F)(F)C(F)(F)C(F)(F)F)ncn1. The van der Waals surface area contributed by atoms with Crippen molar-refractivity contribution in [3.8, 4) is 5.88 Å². The van der Waals surface area contributed by atoms with Gasteiger partial charge in [0.1, 0.15) is 6.33 Å². The van der Waals surface area contributed by atoms with Gasteiger partial charge in [0.05, 0.1) is 0 Å². The van der Waals surface area contributed by atoms with Gasteiger partial charge in [-0.05, 0) is 5.18 Å². The third-order valence-electron chi connectivity index (χ3n) is 1.94. The molecule has 1 aromatic heterocycles. The molecule has 0 N–H and O–H groups in total. The van der Waals surface area contributed by atoms with Crippen molar-refractivity contribution in [1.29, 1.82) is 0 Å². The minimum atomic E-state index is -6.44. The van der Waals surface area contributed by atoms with E-state index in [4.69, 9.17) is 0 Å². The van der Waals surface area contributed by atoms with Crippen molar-refractivity contribution in [3.05, 3.63) is 17.3 Å². The molecule has 1 heterocycles. The first-order valence-electron chi connectivity index (χ1n) is 4.62. The molecule has 1 rings (SSSR count). The van der Waals surface area contributed by atoms with Gasteiger partial charge in [0, 0.05) is 6.07 Å². The fourth-order valence-electron chi connectivity index (χ4n) is 0.921. The van der Waals surface area contributed by atoms with Gasteiger partial charge in [-0.3, -0.25) is 0 Å². The average Bonchev–Trinajstić information content (AvgIpc) is 2.35. The van der Waals surface area contributed by atoms with Crippen molar-refractivity contribution in [2.24, 2.45) is 5.18 Å². The third-order valence-corrected chi connectivity index (χ3v) is 1.94. The highest BCUT2D eigenvalue weighted by atomic mass is 19.4. The third kappa shape index (κ3) is 3.11. The van der Waals surface area contributed by atoms with Crippen LogP contribution in [0.25, 0.3) is 0 Å². The maximum Gasteiger partial charge on any atom is 0.460 e. The van der Waals surface area contributed by atoms with Crippen LogP contribution in [0.1, 0.15) is 0 Å². The van der Waals surface area contributed by atoms with E-state index in [1.807, 2.05) is 0 Å². The van der Waals surface area contributed by atoms with Crippen molar-refractivity contribution in [2.45, 2.75) is 18.0 Å². The van der Waals surface area contributed by atoms with Gasteiger partial charge in [0.15, 0.2) is 6.61 Å². The summed E-state index contributed by atoms with van der Waals surface area (Å²) in [5.74, 6) is -13.2. The van der Waals surface area contributed by atoms with Crippen LogP contribution in [0, 0.1) is 4.91 Å². The molecule has 0 saturated carbocycles. The number of rotatable bonds is 5. The van der Waals surface area contributed by atoms with Crippen LogP contribution < -0.4 is 4.74 Å². The average molecular weight is 307 g/mol. The Balaban J connectivity index is 2.84. The molecule has 12 heteroatoms. The molecule has 0 bridgehead atoms. The molecule has 0 aliphatic rings. The summed E-state index contributed by atoms with van der Waals surface area (Å²) in [5.41, 5.74) is 0. The van der Waals surface area contributed by atoms with E-state index >= 15 is 0 Å². The Labute approximate surface area is 105 Å². The smallest absolute Gasteiger partial charge is 0.460 e. The van der Waals surface area contributed by atoms with E-state index in [1.54, 1.807) is 0 Å². The Morgan fingerprint density at radius 1 is 1.10 bits per heavy atom. The lowest BCUT2D eigenvalue weighted by Crippen LogP contribution is -2.54. The van der Waals surface area contributed by atoms with E-state index in [-0.39, 0.29) is 0 Å². The zero-order valence-electron chi connectivity index (χ0n) is 9.17. The van der Waals surface area contributed by atoms with Crippen LogP contribution in [-0.4, -0.2) is 34.6 Å². The van der Waals surface area contributed by atoms with Crippen LogP contribution in [0.3, 0.4) is 0 Å². The number of hydrogen-bond donors (Lipinski definition) is 0. The fourth-order valence-corrected chi connectivity index (χ4v) is 0.921. The Morgan fingerprint density at radius 3 is 2.20 bits per heavy atom. The predicted molar refractivity (Wildman–Crippen MR) is 48.9 cm³/mol. The highest BCUT2D eigenvalue weighted by molar-refractivity contribution is 5.29. The van der Waals surface area contributed by atoms with Gasteiger partial charge >= 0.3 is 18.0 Å². The second kappa shape index (κ2) is 5.17. The van der Waals surface area contributed by atoms with Gasteiger partial charge in [-0.15, -0.1) is 4.91 Å². The van der Waals surface area contributed by atoms with E-state index < -0.39 is 36.3 Å². The minimum Gasteiger partial charge on any atom is -0.471 e. The van der Waals surface area contributed by atoms with Crippen molar-refractivity contribution < 1.29 is 35.5 Å². The Morgan fingerprint density at radius 2 is 1.70 bits per heavy atom. The summed E-state index contributed by atoms with van der Waals surface area (Å²) >= 11 is 0. The maximum atomic E-state index is 12.8. The summed E-state index contributed by atoms with van der Waals surface area (Å²) in [6, 6.07) is 0.592. The molecule has 0 saturated heterocycles. The number of nitroso groups, excluding NO2 is 1. The molecule has 0 aliphatic heterocycles. The standard InChI is InChI=1S/C8H4F7N3O2/c9-6(10,7(11,12)8(13,14)15)2-20-5-1-4(18-19)16-3-17-5/h1,3H,2H2. The number of aromatic nitrogens is 2. The van der Waals surface area contributed by atoms with Gasteiger partial charge in [-0.2, -0.15) is 30.7 Å². The number of halogens is 7. The zero-order chi connectivity index (χ0) is 15.6. The van der Waals surface area contributed by atoms with Crippen molar-refractivity contribution in [1.82, 2.24) is 9.97 Å². The van der Waals surface area contributed by atoms with Crippen LogP contribution in [0.15, 0.2) is 17.6 Å². The molecule has 0 atom stereocenters. The van der Waals surface area contributed by atoms with Crippen molar-refractivity contribution in [2.75, 3.05) is 6.61 Å². The number of ether oxygens (including phenoxy) is 1. The maximum absolute atomic E-state index is 12.8. The fraction of sp³-hybridized carbons (Fsp3) is 0.500. The highest BCUT2D eigenvalue weighted by Gasteiger charge is 2.73. The molecule has 0 fully saturated rings. The molecule has 0 unspecified atom stereocenters. The predicted octanol–water partition coefficient (Wildman–Crippen LogP) is 3.09. The molecule has 0 amide bonds. The van der Waals surface area contributed by atoms with Crippen LogP contribution in [0.2, 0.25) is 0 Å². The first-order chi connectivity index (χ1) is 9.01. The summed E-state index contributed by atoms with van der Waals surface area (Å²) < 4.78 is 90.1. The Bertz CT molecular complexity index is 491. The molecular weight excluding hydrogens is 303 g/mol. The molecule has 20 heavy (non-hydrogen) atoms. The molecular formula is C8H4F7N3O2. The monoisotopic (exact) mass is 307 g/mol. The Kier molecular flexibility index (Phi) is 4.15. The summed E-state index contributed by atoms with van der Waals surface area (Å²) in [7, 11) is 0. The van der Waals surface area contributed by atoms with E-state index in [0.29, 0.717) is 12.4 Å². The molecule has 1 aromatic rings. The van der Waals surface area contributed by atoms with E-state index in [1.165, 1.54) is 0 Å². The van der Waals surface area contributed by atoms with Crippen LogP contribution in [0.5, 0.6) is 5.88 Å². The number of nitrogens with zero attached hydrogens (tertiary/aromatic N) is 3. The first-order valence-corrected chi connectivity index (χ1v) is 4.62. The van der Waals surface area contributed by atoms with Gasteiger partial charge in [0.2, 0.25) is 11.7 Å². The molecule has 0 aliphatic carbocycles. The van der Waals surface area contributed by atoms with E-state index in [0.717, 1.165) is 0 Å². The summed E-state index contributed by atoms with van der Waals surface area (Å²) in [6.07, 6.45) is -5.81. The van der Waals surface area contributed by atoms with Crippen LogP contribution >= 0.6 is 0 Å². The van der Waals surface area contributed by atoms with Gasteiger partial charge in [0.25, 0.3) is 0 Å². The van der Waals surface area contributed by atoms with Gasteiger partial charge < -0.3 is 4.74 Å². The first kappa shape index (κ1) is 16.0. The van der Waals surface area contributed by atoms with Crippen molar-refractivity contribution >= 4 is 5.82 Å². The topological polar surface area (TPSA) is 64.4 Å². The molecule has 0 radical (unpaired) electrons. The lowest BCUT2D eigenvalue weighted by atomic mass is 10.2. The zero-order valence-corrected chi connectivity index (χ0v) is 9.17.